The average molecular weight is 439 g/mol. The van der Waals surface area contributed by atoms with Gasteiger partial charge in [-0.3, -0.25) is 4.99 Å². The molecule has 10 heteroatoms. The van der Waals surface area contributed by atoms with Gasteiger partial charge in [0.05, 0.1) is 21.8 Å². The predicted octanol–water partition coefficient (Wildman–Crippen LogP) is 3.50. The SMILES string of the molecule is O=S(=O)(NC1CSC=N1)c1ccc(Nc2ccc(F)cc2N2CC[C@@H](F)C2)cc1. The van der Waals surface area contributed by atoms with Gasteiger partial charge in [0.1, 0.15) is 18.2 Å². The first-order valence-corrected chi connectivity index (χ1v) is 11.7. The van der Waals surface area contributed by atoms with Crippen LogP contribution in [0, 0.1) is 5.82 Å². The molecule has 6 nitrogen and oxygen atoms in total. The molecule has 2 aliphatic rings. The van der Waals surface area contributed by atoms with Gasteiger partial charge in [-0.05, 0) is 48.9 Å². The van der Waals surface area contributed by atoms with Crippen LogP contribution in [0.3, 0.4) is 0 Å². The maximum Gasteiger partial charge on any atom is 0.242 e. The minimum absolute atomic E-state index is 0.134. The molecule has 0 saturated carbocycles. The molecule has 1 saturated heterocycles. The Balaban J connectivity index is 1.51. The van der Waals surface area contributed by atoms with E-state index in [1.54, 1.807) is 28.6 Å². The number of halogens is 2. The van der Waals surface area contributed by atoms with Crippen LogP contribution in [0.1, 0.15) is 6.42 Å². The molecule has 2 N–H and O–H groups in total. The highest BCUT2D eigenvalue weighted by Crippen LogP contribution is 2.33. The zero-order valence-electron chi connectivity index (χ0n) is 15.4. The molecule has 2 atom stereocenters. The molecule has 0 spiro atoms. The molecule has 154 valence electrons. The summed E-state index contributed by atoms with van der Waals surface area (Å²) in [5, 5.41) is 3.17. The number of anilines is 3. The fourth-order valence-electron chi connectivity index (χ4n) is 3.29. The number of rotatable bonds is 6. The Morgan fingerprint density at radius 1 is 1.17 bits per heavy atom. The molecule has 4 rings (SSSR count). The van der Waals surface area contributed by atoms with Crippen LogP contribution >= 0.6 is 11.8 Å². The van der Waals surface area contributed by atoms with Crippen LogP contribution in [0.15, 0.2) is 52.4 Å². The molecule has 1 unspecified atom stereocenters. The largest absolute Gasteiger partial charge is 0.367 e. The van der Waals surface area contributed by atoms with Crippen LogP contribution < -0.4 is 14.9 Å². The third-order valence-electron chi connectivity index (χ3n) is 4.74. The van der Waals surface area contributed by atoms with Gasteiger partial charge >= 0.3 is 0 Å². The normalized spacial score (nSPS) is 21.7. The molecule has 2 aromatic carbocycles. The zero-order valence-corrected chi connectivity index (χ0v) is 17.0. The van der Waals surface area contributed by atoms with E-state index in [4.69, 9.17) is 0 Å². The second-order valence-corrected chi connectivity index (χ2v) is 9.46. The summed E-state index contributed by atoms with van der Waals surface area (Å²) >= 11 is 1.45. The van der Waals surface area contributed by atoms with Gasteiger partial charge in [-0.15, -0.1) is 11.8 Å². The van der Waals surface area contributed by atoms with E-state index >= 15 is 0 Å². The van der Waals surface area contributed by atoms with Gasteiger partial charge in [-0.1, -0.05) is 0 Å². The Kier molecular flexibility index (Phi) is 5.75. The maximum absolute atomic E-state index is 13.8. The molecule has 0 bridgehead atoms. The lowest BCUT2D eigenvalue weighted by Gasteiger charge is -2.22. The highest BCUT2D eigenvalue weighted by atomic mass is 32.2. The number of thioether (sulfide) groups is 1. The second kappa shape index (κ2) is 8.29. The first-order valence-electron chi connectivity index (χ1n) is 9.12. The first-order chi connectivity index (χ1) is 13.9. The van der Waals surface area contributed by atoms with Crippen molar-refractivity contribution < 1.29 is 17.2 Å². The first kappa shape index (κ1) is 20.1. The van der Waals surface area contributed by atoms with Gasteiger partial charge in [0.25, 0.3) is 0 Å². The molecule has 0 aromatic heterocycles. The Hall–Kier alpha value is -2.17. The van der Waals surface area contributed by atoms with Gasteiger partial charge in [-0.25, -0.2) is 17.2 Å². The second-order valence-electron chi connectivity index (χ2n) is 6.87. The van der Waals surface area contributed by atoms with E-state index in [9.17, 15) is 17.2 Å². The molecule has 0 amide bonds. The maximum atomic E-state index is 13.8. The lowest BCUT2D eigenvalue weighted by molar-refractivity contribution is 0.364. The molecule has 29 heavy (non-hydrogen) atoms. The van der Waals surface area contributed by atoms with Crippen molar-refractivity contribution in [3.8, 4) is 0 Å². The summed E-state index contributed by atoms with van der Waals surface area (Å²) in [6.07, 6.45) is -0.964. The van der Waals surface area contributed by atoms with Gasteiger partial charge in [-0.2, -0.15) is 4.72 Å². The Bertz CT molecular complexity index is 1020. The summed E-state index contributed by atoms with van der Waals surface area (Å²) < 4.78 is 54.8. The Morgan fingerprint density at radius 3 is 2.62 bits per heavy atom. The molecular weight excluding hydrogens is 418 g/mol. The average Bonchev–Trinajstić information content (AvgIpc) is 3.35. The summed E-state index contributed by atoms with van der Waals surface area (Å²) in [7, 11) is -3.67. The topological polar surface area (TPSA) is 73.8 Å². The standard InChI is InChI=1S/C19H20F2N4O2S2/c20-13-1-6-17(18(9-13)25-8-7-14(21)10-25)23-15-2-4-16(5-3-15)29(26,27)24-19-11-28-12-22-19/h1-6,9,12,14,19,23-24H,7-8,10-11H2/t14-,19?/m1/s1. The molecule has 1 fully saturated rings. The van der Waals surface area contributed by atoms with Crippen molar-refractivity contribution in [3.05, 3.63) is 48.3 Å². The van der Waals surface area contributed by atoms with E-state index in [0.717, 1.165) is 0 Å². The third kappa shape index (κ3) is 4.71. The molecule has 0 aliphatic carbocycles. The van der Waals surface area contributed by atoms with E-state index in [1.165, 1.54) is 36.0 Å². The van der Waals surface area contributed by atoms with Crippen molar-refractivity contribution in [2.75, 3.05) is 29.1 Å². The fraction of sp³-hybridized carbons (Fsp3) is 0.316. The zero-order chi connectivity index (χ0) is 20.4. The molecular formula is C19H20F2N4O2S2. The van der Waals surface area contributed by atoms with E-state index in [1.807, 2.05) is 0 Å². The summed E-state index contributed by atoms with van der Waals surface area (Å²) in [4.78, 5) is 5.99. The number of hydrogen-bond acceptors (Lipinski definition) is 6. The van der Waals surface area contributed by atoms with Crippen molar-refractivity contribution in [2.24, 2.45) is 4.99 Å². The lowest BCUT2D eigenvalue weighted by Crippen LogP contribution is -2.33. The smallest absolute Gasteiger partial charge is 0.242 e. The summed E-state index contributed by atoms with van der Waals surface area (Å²) in [5.74, 6) is 0.177. The van der Waals surface area contributed by atoms with Gasteiger partial charge in [0.2, 0.25) is 10.0 Å². The van der Waals surface area contributed by atoms with E-state index in [0.29, 0.717) is 35.8 Å². The van der Waals surface area contributed by atoms with Crippen molar-refractivity contribution in [1.29, 1.82) is 0 Å². The van der Waals surface area contributed by atoms with Gasteiger partial charge in [0.15, 0.2) is 0 Å². The molecule has 2 aromatic rings. The van der Waals surface area contributed by atoms with Gasteiger partial charge < -0.3 is 10.2 Å². The summed E-state index contributed by atoms with van der Waals surface area (Å²) in [5.41, 5.74) is 3.49. The Morgan fingerprint density at radius 2 is 1.97 bits per heavy atom. The van der Waals surface area contributed by atoms with Crippen molar-refractivity contribution in [2.45, 2.75) is 23.7 Å². The van der Waals surface area contributed by atoms with Crippen molar-refractivity contribution >= 4 is 44.4 Å². The monoisotopic (exact) mass is 438 g/mol. The highest BCUT2D eigenvalue weighted by Gasteiger charge is 2.24. The number of nitrogens with one attached hydrogen (secondary N) is 2. The fourth-order valence-corrected chi connectivity index (χ4v) is 5.20. The number of hydrogen-bond donors (Lipinski definition) is 2. The third-order valence-corrected chi connectivity index (χ3v) is 6.99. The van der Waals surface area contributed by atoms with Crippen LogP contribution in [0.4, 0.5) is 25.8 Å². The van der Waals surface area contributed by atoms with Gasteiger partial charge in [0, 0.05) is 24.5 Å². The summed E-state index contributed by atoms with van der Waals surface area (Å²) in [6.45, 7) is 0.743. The van der Waals surface area contributed by atoms with E-state index in [-0.39, 0.29) is 11.4 Å². The van der Waals surface area contributed by atoms with Crippen LogP contribution in [0.5, 0.6) is 0 Å². The Labute approximate surface area is 172 Å². The van der Waals surface area contributed by atoms with E-state index < -0.39 is 28.2 Å². The number of sulfonamides is 1. The van der Waals surface area contributed by atoms with Crippen molar-refractivity contribution in [1.82, 2.24) is 4.72 Å². The number of aliphatic imine (C=N–C) groups is 1. The summed E-state index contributed by atoms with van der Waals surface area (Å²) in [6, 6.07) is 10.6. The molecule has 2 heterocycles. The number of alkyl halides is 1. The highest BCUT2D eigenvalue weighted by molar-refractivity contribution is 8.12. The molecule has 0 radical (unpaired) electrons. The quantitative estimate of drug-likeness (QED) is 0.722. The predicted molar refractivity (Wildman–Crippen MR) is 113 cm³/mol. The van der Waals surface area contributed by atoms with Crippen LogP contribution in [0.25, 0.3) is 0 Å². The number of nitrogens with zero attached hydrogens (tertiary/aromatic N) is 2. The number of benzene rings is 2. The minimum atomic E-state index is -3.67. The lowest BCUT2D eigenvalue weighted by atomic mass is 10.2. The molecule has 2 aliphatic heterocycles. The van der Waals surface area contributed by atoms with Crippen molar-refractivity contribution in [3.63, 3.8) is 0 Å². The van der Waals surface area contributed by atoms with Crippen LogP contribution in [0.2, 0.25) is 0 Å². The van der Waals surface area contributed by atoms with E-state index in [2.05, 4.69) is 15.0 Å². The van der Waals surface area contributed by atoms with Crippen LogP contribution in [-0.4, -0.2) is 45.1 Å². The minimum Gasteiger partial charge on any atom is -0.367 e. The van der Waals surface area contributed by atoms with Crippen LogP contribution in [-0.2, 0) is 10.0 Å².